The van der Waals surface area contributed by atoms with E-state index in [0.29, 0.717) is 11.2 Å². The van der Waals surface area contributed by atoms with E-state index in [9.17, 15) is 17.2 Å². The van der Waals surface area contributed by atoms with Gasteiger partial charge in [0.15, 0.2) is 5.15 Å². The summed E-state index contributed by atoms with van der Waals surface area (Å²) in [6.07, 6.45) is 1.39. The number of anilines is 1. The number of rotatable bonds is 6. The second-order valence-electron chi connectivity index (χ2n) is 6.57. The molecule has 0 saturated carbocycles. The molecule has 2 aromatic rings. The Balaban J connectivity index is 1.87. The molecule has 12 heteroatoms. The number of nitrogens with zero attached hydrogens (tertiary/aromatic N) is 1. The van der Waals surface area contributed by atoms with E-state index < -0.39 is 29.4 Å². The van der Waals surface area contributed by atoms with Crippen LogP contribution in [-0.4, -0.2) is 32.7 Å². The second-order valence-corrected chi connectivity index (χ2v) is 8.61. The lowest BCUT2D eigenvalue weighted by Gasteiger charge is -2.15. The van der Waals surface area contributed by atoms with Gasteiger partial charge in [-0.15, -0.1) is 0 Å². The molecule has 0 bridgehead atoms. The van der Waals surface area contributed by atoms with Crippen LogP contribution in [0.5, 0.6) is 5.75 Å². The normalized spacial score (nSPS) is 16.1. The smallest absolute Gasteiger partial charge is 0.534 e. The number of pyridine rings is 1. The van der Waals surface area contributed by atoms with Crippen molar-refractivity contribution in [3.63, 3.8) is 0 Å². The molecule has 1 aliphatic heterocycles. The Kier molecular flexibility index (Phi) is 5.75. The first kappa shape index (κ1) is 21.3. The molecule has 1 saturated heterocycles. The number of alkyl halides is 2. The topological polar surface area (TPSA) is 86.8 Å². The third-order valence-corrected chi connectivity index (χ3v) is 5.70. The van der Waals surface area contributed by atoms with Crippen molar-refractivity contribution >= 4 is 39.9 Å². The van der Waals surface area contributed by atoms with E-state index in [-0.39, 0.29) is 21.5 Å². The lowest BCUT2D eigenvalue weighted by Crippen LogP contribution is -2.35. The molecule has 1 aromatic heterocycles. The number of benzene rings is 1. The van der Waals surface area contributed by atoms with Gasteiger partial charge in [0.2, 0.25) is 0 Å². The van der Waals surface area contributed by atoms with Gasteiger partial charge in [-0.2, -0.15) is 8.78 Å². The van der Waals surface area contributed by atoms with Gasteiger partial charge in [0, 0.05) is 17.7 Å². The van der Waals surface area contributed by atoms with Gasteiger partial charge in [0.1, 0.15) is 11.4 Å². The molecule has 7 nitrogen and oxygen atoms in total. The second kappa shape index (κ2) is 7.81. The van der Waals surface area contributed by atoms with Gasteiger partial charge in [0.25, 0.3) is 10.0 Å². The highest BCUT2D eigenvalue weighted by Gasteiger charge is 2.43. The van der Waals surface area contributed by atoms with Crippen LogP contribution in [0.2, 0.25) is 5.15 Å². The van der Waals surface area contributed by atoms with E-state index in [1.165, 1.54) is 30.5 Å². The van der Waals surface area contributed by atoms with E-state index >= 15 is 0 Å². The van der Waals surface area contributed by atoms with Crippen LogP contribution in [0.3, 0.4) is 0 Å². The molecule has 29 heavy (non-hydrogen) atoms. The molecule has 0 amide bonds. The summed E-state index contributed by atoms with van der Waals surface area (Å²) in [5, 5.41) is -0.117. The highest BCUT2D eigenvalue weighted by atomic mass is 35.5. The number of hydrogen-bond donors (Lipinski definition) is 1. The van der Waals surface area contributed by atoms with E-state index in [0.717, 1.165) is 6.07 Å². The first-order valence-electron chi connectivity index (χ1n) is 8.25. The number of halogens is 3. The van der Waals surface area contributed by atoms with Crippen LogP contribution in [0, 0.1) is 0 Å². The summed E-state index contributed by atoms with van der Waals surface area (Å²) in [6.45, 7) is 4.25. The fraction of sp³-hybridized carbons (Fsp3) is 0.235. The minimum Gasteiger partial charge on any atom is -0.534 e. The molecule has 0 radical (unpaired) electrons. The van der Waals surface area contributed by atoms with Crippen LogP contribution >= 0.6 is 11.6 Å². The van der Waals surface area contributed by atoms with Crippen molar-refractivity contribution in [2.45, 2.75) is 31.0 Å². The third-order valence-electron chi connectivity index (χ3n) is 4.04. The molecular weight excluding hydrogens is 429 g/mol. The lowest BCUT2D eigenvalue weighted by atomic mass is 9.80. The number of hydrogen-bond acceptors (Lipinski definition) is 6. The lowest BCUT2D eigenvalue weighted by molar-refractivity contribution is -0.0499. The highest BCUT2D eigenvalue weighted by Crippen LogP contribution is 2.30. The molecule has 1 N–H and O–H groups in total. The molecular formula is C17H16BClF2N2O5S. The number of sulfonamides is 1. The van der Waals surface area contributed by atoms with Crippen molar-refractivity contribution in [2.24, 2.45) is 0 Å². The Morgan fingerprint density at radius 3 is 2.69 bits per heavy atom. The molecule has 154 valence electrons. The van der Waals surface area contributed by atoms with Gasteiger partial charge in [-0.1, -0.05) is 24.2 Å². The Morgan fingerprint density at radius 1 is 1.34 bits per heavy atom. The van der Waals surface area contributed by atoms with Crippen LogP contribution in [-0.2, 0) is 19.3 Å². The van der Waals surface area contributed by atoms with Crippen LogP contribution in [0.1, 0.15) is 13.8 Å². The fourth-order valence-corrected chi connectivity index (χ4v) is 3.75. The molecule has 0 unspecified atom stereocenters. The van der Waals surface area contributed by atoms with Gasteiger partial charge in [-0.3, -0.25) is 4.72 Å². The fourth-order valence-electron chi connectivity index (χ4n) is 2.45. The maximum atomic E-state index is 12.7. The van der Waals surface area contributed by atoms with Crippen molar-refractivity contribution in [3.05, 3.63) is 54.0 Å². The molecule has 1 fully saturated rings. The van der Waals surface area contributed by atoms with Gasteiger partial charge in [-0.25, -0.2) is 13.4 Å². The summed E-state index contributed by atoms with van der Waals surface area (Å²) >= 11 is 6.02. The zero-order chi connectivity index (χ0) is 21.4. The maximum absolute atomic E-state index is 12.7. The molecule has 0 atom stereocenters. The molecule has 2 heterocycles. The Hall–Kier alpha value is -2.37. The summed E-state index contributed by atoms with van der Waals surface area (Å²) < 4.78 is 67.9. The van der Waals surface area contributed by atoms with E-state index in [1.54, 1.807) is 13.8 Å². The summed E-state index contributed by atoms with van der Waals surface area (Å²) in [6, 6.07) is 6.09. The van der Waals surface area contributed by atoms with Gasteiger partial charge in [0.05, 0.1) is 16.3 Å². The van der Waals surface area contributed by atoms with E-state index in [1.807, 2.05) is 0 Å². The first-order valence-corrected chi connectivity index (χ1v) is 10.1. The summed E-state index contributed by atoms with van der Waals surface area (Å²) in [5.74, 6) is 0.116. The molecule has 3 rings (SSSR count). The van der Waals surface area contributed by atoms with Gasteiger partial charge >= 0.3 is 13.7 Å². The maximum Gasteiger partial charge on any atom is 0.565 e. The highest BCUT2D eigenvalue weighted by molar-refractivity contribution is 7.92. The van der Waals surface area contributed by atoms with Gasteiger partial charge in [-0.05, 0) is 32.0 Å². The standard InChI is InChI=1S/C17H16BClF2N2O5S/c1-10-17(2,3)28-18(27-10)11-7-14(15(19)22-9-11)23-29(24,25)13-6-4-5-12(8-13)26-16(20)21/h4-9,16,23H,1H2,2-3H3. The summed E-state index contributed by atoms with van der Waals surface area (Å²) in [5.41, 5.74) is -0.352. The Labute approximate surface area is 171 Å². The third kappa shape index (κ3) is 4.80. The van der Waals surface area contributed by atoms with Crippen LogP contribution in [0.15, 0.2) is 53.8 Å². The largest absolute Gasteiger partial charge is 0.565 e. The predicted molar refractivity (Wildman–Crippen MR) is 104 cm³/mol. The molecule has 0 aliphatic carbocycles. The zero-order valence-electron chi connectivity index (χ0n) is 15.4. The average molecular weight is 445 g/mol. The first-order chi connectivity index (χ1) is 13.5. The van der Waals surface area contributed by atoms with Crippen LogP contribution in [0.25, 0.3) is 0 Å². The SMILES string of the molecule is C=C1OB(c2cnc(Cl)c(NS(=O)(=O)c3cccc(OC(F)F)c3)c2)OC1(C)C. The number of aromatic nitrogens is 1. The summed E-state index contributed by atoms with van der Waals surface area (Å²) in [7, 11) is -5.01. The number of ether oxygens (including phenoxy) is 1. The predicted octanol–water partition coefficient (Wildman–Crippen LogP) is 3.17. The van der Waals surface area contributed by atoms with Crippen molar-refractivity contribution in [1.82, 2.24) is 4.98 Å². The monoisotopic (exact) mass is 444 g/mol. The van der Waals surface area contributed by atoms with E-state index in [4.69, 9.17) is 20.9 Å². The minimum absolute atomic E-state index is 0.0353. The van der Waals surface area contributed by atoms with Crippen LogP contribution < -0.4 is 14.9 Å². The Bertz CT molecular complexity index is 1050. The Morgan fingerprint density at radius 2 is 2.07 bits per heavy atom. The van der Waals surface area contributed by atoms with Gasteiger partial charge < -0.3 is 14.0 Å². The van der Waals surface area contributed by atoms with Crippen molar-refractivity contribution < 1.29 is 31.2 Å². The van der Waals surface area contributed by atoms with Crippen molar-refractivity contribution in [3.8, 4) is 5.75 Å². The molecule has 1 aliphatic rings. The molecule has 0 spiro atoms. The molecule has 1 aromatic carbocycles. The van der Waals surface area contributed by atoms with E-state index in [2.05, 4.69) is 21.0 Å². The van der Waals surface area contributed by atoms with Crippen LogP contribution in [0.4, 0.5) is 14.5 Å². The summed E-state index contributed by atoms with van der Waals surface area (Å²) in [4.78, 5) is 3.66. The van der Waals surface area contributed by atoms with Crippen molar-refractivity contribution in [1.29, 1.82) is 0 Å². The quantitative estimate of drug-likeness (QED) is 0.544. The number of nitrogens with one attached hydrogen (secondary N) is 1. The zero-order valence-corrected chi connectivity index (χ0v) is 16.9. The average Bonchev–Trinajstić information content (AvgIpc) is 2.89. The van der Waals surface area contributed by atoms with Crippen molar-refractivity contribution in [2.75, 3.05) is 4.72 Å². The minimum atomic E-state index is -4.17.